The van der Waals surface area contributed by atoms with E-state index in [9.17, 15) is 27.6 Å². The summed E-state index contributed by atoms with van der Waals surface area (Å²) in [6, 6.07) is 4.49. The van der Waals surface area contributed by atoms with Crippen molar-refractivity contribution in [2.75, 3.05) is 19.6 Å². The first-order chi connectivity index (χ1) is 16.6. The summed E-state index contributed by atoms with van der Waals surface area (Å²) >= 11 is 1.36. The Morgan fingerprint density at radius 2 is 1.86 bits per heavy atom. The molecule has 1 aliphatic heterocycles. The summed E-state index contributed by atoms with van der Waals surface area (Å²) < 4.78 is 38.4. The van der Waals surface area contributed by atoms with E-state index in [2.05, 4.69) is 20.5 Å². The molecule has 4 rings (SSSR count). The molecule has 1 aromatic heterocycles. The van der Waals surface area contributed by atoms with Crippen molar-refractivity contribution in [3.63, 3.8) is 0 Å². The zero-order valence-corrected chi connectivity index (χ0v) is 19.6. The highest BCUT2D eigenvalue weighted by Crippen LogP contribution is 2.38. The van der Waals surface area contributed by atoms with E-state index >= 15 is 0 Å². The summed E-state index contributed by atoms with van der Waals surface area (Å²) in [5.41, 5.74) is 4.22. The average Bonchev–Trinajstić information content (AvgIpc) is 3.30. The first-order valence-corrected chi connectivity index (χ1v) is 12.2. The minimum absolute atomic E-state index is 0.0229. The molecule has 1 saturated carbocycles. The minimum Gasteiger partial charge on any atom is -0.364 e. The predicted octanol–water partition coefficient (Wildman–Crippen LogP) is 2.52. The Morgan fingerprint density at radius 1 is 1.14 bits per heavy atom. The Bertz CT molecular complexity index is 1090. The number of nitrogens with one attached hydrogen (secondary N) is 2. The van der Waals surface area contributed by atoms with Crippen LogP contribution in [0.4, 0.5) is 13.2 Å². The average molecular weight is 510 g/mol. The van der Waals surface area contributed by atoms with E-state index in [4.69, 9.17) is 5.73 Å². The minimum atomic E-state index is -4.54. The Morgan fingerprint density at radius 3 is 2.49 bits per heavy atom. The highest BCUT2D eigenvalue weighted by atomic mass is 32.1. The second-order valence-electron chi connectivity index (χ2n) is 8.92. The number of thiazole rings is 1. The molecule has 1 saturated heterocycles. The molecule has 4 N–H and O–H groups in total. The van der Waals surface area contributed by atoms with Gasteiger partial charge >= 0.3 is 6.18 Å². The van der Waals surface area contributed by atoms with Gasteiger partial charge in [0.05, 0.1) is 18.2 Å². The molecule has 2 fully saturated rings. The zero-order chi connectivity index (χ0) is 25.2. The van der Waals surface area contributed by atoms with Crippen molar-refractivity contribution in [3.8, 4) is 0 Å². The van der Waals surface area contributed by atoms with Gasteiger partial charge < -0.3 is 16.4 Å². The quantitative estimate of drug-likeness (QED) is 0.530. The van der Waals surface area contributed by atoms with Crippen LogP contribution in [0, 0.1) is 0 Å². The van der Waals surface area contributed by atoms with Crippen LogP contribution in [0.15, 0.2) is 30.5 Å². The molecular formula is C23H26F3N5O3S. The fourth-order valence-corrected chi connectivity index (χ4v) is 5.53. The number of aromatic nitrogens is 1. The van der Waals surface area contributed by atoms with Crippen LogP contribution in [0.25, 0.3) is 0 Å². The van der Waals surface area contributed by atoms with Crippen LogP contribution in [0.1, 0.15) is 62.2 Å². The van der Waals surface area contributed by atoms with Gasteiger partial charge in [0.25, 0.3) is 11.8 Å². The number of hydrogen-bond acceptors (Lipinski definition) is 6. The maximum Gasteiger partial charge on any atom is 0.416 e. The van der Waals surface area contributed by atoms with Gasteiger partial charge in [0.15, 0.2) is 5.01 Å². The van der Waals surface area contributed by atoms with Gasteiger partial charge in [-0.3, -0.25) is 19.3 Å². The van der Waals surface area contributed by atoms with E-state index in [1.54, 1.807) is 6.20 Å². The predicted molar refractivity (Wildman–Crippen MR) is 123 cm³/mol. The lowest BCUT2D eigenvalue weighted by Gasteiger charge is -2.46. The number of carbonyl (C=O) groups excluding carboxylic acids is 3. The fourth-order valence-electron chi connectivity index (χ4n) is 4.59. The van der Waals surface area contributed by atoms with Crippen molar-refractivity contribution >= 4 is 29.1 Å². The van der Waals surface area contributed by atoms with Crippen molar-refractivity contribution in [2.45, 2.75) is 49.9 Å². The van der Waals surface area contributed by atoms with Crippen LogP contribution >= 0.6 is 11.3 Å². The second-order valence-corrected chi connectivity index (χ2v) is 9.98. The molecule has 2 aliphatic rings. The molecule has 35 heavy (non-hydrogen) atoms. The number of amides is 3. The molecule has 1 aromatic carbocycles. The van der Waals surface area contributed by atoms with Crippen molar-refractivity contribution < 1.29 is 27.6 Å². The summed E-state index contributed by atoms with van der Waals surface area (Å²) in [4.78, 5) is 43.1. The molecule has 0 radical (unpaired) electrons. The normalized spacial score (nSPS) is 21.2. The lowest BCUT2D eigenvalue weighted by Crippen LogP contribution is -2.63. The SMILES string of the molecule is NC(=O)c1ncc(C2CCC(N3CC(NC(=O)CNC(=O)c4cccc(C(F)(F)F)c4)C3)CC2)s1. The third-order valence-corrected chi connectivity index (χ3v) is 7.66. The van der Waals surface area contributed by atoms with Crippen LogP contribution in [-0.2, 0) is 11.0 Å². The van der Waals surface area contributed by atoms with Crippen molar-refractivity contribution in [3.05, 3.63) is 51.5 Å². The van der Waals surface area contributed by atoms with E-state index in [0.29, 0.717) is 17.0 Å². The molecule has 188 valence electrons. The number of nitrogens with two attached hydrogens (primary N) is 1. The topological polar surface area (TPSA) is 117 Å². The molecule has 12 heteroatoms. The van der Waals surface area contributed by atoms with Crippen LogP contribution in [0.2, 0.25) is 0 Å². The first-order valence-electron chi connectivity index (χ1n) is 11.3. The molecule has 0 atom stereocenters. The van der Waals surface area contributed by atoms with Crippen LogP contribution in [0.3, 0.4) is 0 Å². The van der Waals surface area contributed by atoms with Crippen LogP contribution in [0.5, 0.6) is 0 Å². The number of halogens is 3. The van der Waals surface area contributed by atoms with Gasteiger partial charge in [0, 0.05) is 35.8 Å². The van der Waals surface area contributed by atoms with Gasteiger partial charge in [-0.2, -0.15) is 13.2 Å². The Balaban J connectivity index is 1.16. The second kappa shape index (κ2) is 10.3. The molecule has 2 aromatic rings. The van der Waals surface area contributed by atoms with Gasteiger partial charge in [-0.25, -0.2) is 4.98 Å². The third-order valence-electron chi connectivity index (χ3n) is 6.49. The largest absolute Gasteiger partial charge is 0.416 e. The number of primary amides is 1. The van der Waals surface area contributed by atoms with E-state index in [1.807, 2.05) is 0 Å². The van der Waals surface area contributed by atoms with Gasteiger partial charge in [-0.15, -0.1) is 11.3 Å². The van der Waals surface area contributed by atoms with Crippen molar-refractivity contribution in [2.24, 2.45) is 5.73 Å². The number of benzene rings is 1. The molecule has 0 bridgehead atoms. The Labute approximate surface area is 204 Å². The highest BCUT2D eigenvalue weighted by Gasteiger charge is 2.36. The van der Waals surface area contributed by atoms with E-state index < -0.39 is 23.6 Å². The third kappa shape index (κ3) is 6.17. The Hall–Kier alpha value is -2.99. The van der Waals surface area contributed by atoms with E-state index in [-0.39, 0.29) is 24.1 Å². The van der Waals surface area contributed by atoms with Gasteiger partial charge in [0.1, 0.15) is 0 Å². The number of carbonyl (C=O) groups is 3. The summed E-state index contributed by atoms with van der Waals surface area (Å²) in [7, 11) is 0. The first kappa shape index (κ1) is 25.1. The fraction of sp³-hybridized carbons (Fsp3) is 0.478. The summed E-state index contributed by atoms with van der Waals surface area (Å²) in [5.74, 6) is -1.23. The number of nitrogens with zero attached hydrogens (tertiary/aromatic N) is 2. The lowest BCUT2D eigenvalue weighted by atomic mass is 9.83. The number of hydrogen-bond donors (Lipinski definition) is 3. The molecule has 1 aliphatic carbocycles. The molecular weight excluding hydrogens is 483 g/mol. The molecule has 2 heterocycles. The lowest BCUT2D eigenvalue weighted by molar-refractivity contribution is -0.137. The van der Waals surface area contributed by atoms with Crippen molar-refractivity contribution in [1.29, 1.82) is 0 Å². The maximum absolute atomic E-state index is 12.8. The monoisotopic (exact) mass is 509 g/mol. The zero-order valence-electron chi connectivity index (χ0n) is 18.8. The molecule has 3 amide bonds. The Kier molecular flexibility index (Phi) is 7.41. The van der Waals surface area contributed by atoms with Crippen molar-refractivity contribution in [1.82, 2.24) is 20.5 Å². The van der Waals surface area contributed by atoms with Crippen LogP contribution in [-0.4, -0.2) is 59.3 Å². The number of rotatable bonds is 7. The summed E-state index contributed by atoms with van der Waals surface area (Å²) in [5, 5.41) is 5.56. The van der Waals surface area contributed by atoms with E-state index in [1.165, 1.54) is 17.4 Å². The van der Waals surface area contributed by atoms with Gasteiger partial charge in [0.2, 0.25) is 5.91 Å². The number of likely N-dealkylation sites (tertiary alicyclic amines) is 1. The van der Waals surface area contributed by atoms with Crippen LogP contribution < -0.4 is 16.4 Å². The summed E-state index contributed by atoms with van der Waals surface area (Å²) in [6.45, 7) is 1.13. The molecule has 8 nitrogen and oxygen atoms in total. The molecule has 0 unspecified atom stereocenters. The summed E-state index contributed by atoms with van der Waals surface area (Å²) in [6.07, 6.45) is 1.24. The molecule has 0 spiro atoms. The smallest absolute Gasteiger partial charge is 0.364 e. The van der Waals surface area contributed by atoms with Gasteiger partial charge in [-0.05, 0) is 49.8 Å². The standard InChI is InChI=1S/C23H26F3N5O3S/c24-23(25,26)15-3-1-2-14(8-15)21(34)28-10-19(32)30-16-11-31(12-16)17-6-4-13(5-7-17)18-9-29-22(35-18)20(27)33/h1-3,8-9,13,16-17H,4-7,10-12H2,(H2,27,33)(H,28,34)(H,30,32). The highest BCUT2D eigenvalue weighted by molar-refractivity contribution is 7.13. The maximum atomic E-state index is 12.8. The van der Waals surface area contributed by atoms with Gasteiger partial charge in [-0.1, -0.05) is 6.07 Å². The number of alkyl halides is 3. The van der Waals surface area contributed by atoms with E-state index in [0.717, 1.165) is 61.8 Å².